The van der Waals surface area contributed by atoms with E-state index >= 15 is 0 Å². The highest BCUT2D eigenvalue weighted by molar-refractivity contribution is 5.89. The lowest BCUT2D eigenvalue weighted by Gasteiger charge is -2.30. The van der Waals surface area contributed by atoms with Crippen molar-refractivity contribution in [1.29, 1.82) is 0 Å². The fourth-order valence-corrected chi connectivity index (χ4v) is 3.01. The van der Waals surface area contributed by atoms with E-state index in [1.165, 1.54) is 14.2 Å². The van der Waals surface area contributed by atoms with Crippen LogP contribution in [0.1, 0.15) is 47.1 Å². The van der Waals surface area contributed by atoms with E-state index in [1.54, 1.807) is 65.8 Å². The van der Waals surface area contributed by atoms with E-state index in [0.29, 0.717) is 0 Å². The van der Waals surface area contributed by atoms with Crippen molar-refractivity contribution in [3.05, 3.63) is 35.9 Å². The summed E-state index contributed by atoms with van der Waals surface area (Å²) in [6, 6.07) is 7.65. The van der Waals surface area contributed by atoms with Crippen molar-refractivity contribution >= 4 is 24.1 Å². The van der Waals surface area contributed by atoms with Crippen molar-refractivity contribution in [2.45, 2.75) is 71.7 Å². The second-order valence-electron chi connectivity index (χ2n) is 10.3. The molecule has 0 heterocycles. The lowest BCUT2D eigenvalue weighted by molar-refractivity contribution is -0.164. The molecular weight excluding hydrogens is 498 g/mol. The Balaban J connectivity index is 3.09. The fraction of sp³-hybridized carbons (Fsp3) is 0.615. The largest absolute Gasteiger partial charge is 0.459 e. The summed E-state index contributed by atoms with van der Waals surface area (Å²) in [6.45, 7) is 9.16. The summed E-state index contributed by atoms with van der Waals surface area (Å²) in [5, 5.41) is 4.93. The van der Waals surface area contributed by atoms with Gasteiger partial charge < -0.3 is 39.2 Å². The molecule has 0 aromatic heterocycles. The van der Waals surface area contributed by atoms with Crippen LogP contribution in [0, 0.1) is 0 Å². The van der Waals surface area contributed by atoms with Gasteiger partial charge in [0.25, 0.3) is 0 Å². The third-order valence-corrected chi connectivity index (χ3v) is 4.60. The maximum atomic E-state index is 13.6. The number of hydrogen-bond donors (Lipinski definition) is 2. The highest BCUT2D eigenvalue weighted by Crippen LogP contribution is 2.10. The minimum Gasteiger partial charge on any atom is -0.459 e. The third-order valence-electron chi connectivity index (χ3n) is 4.60. The summed E-state index contributed by atoms with van der Waals surface area (Å²) in [5.41, 5.74) is -0.823. The van der Waals surface area contributed by atoms with Gasteiger partial charge in [-0.25, -0.2) is 9.59 Å². The Bertz CT molecular complexity index is 907. The van der Waals surface area contributed by atoms with Crippen molar-refractivity contribution in [2.75, 3.05) is 33.9 Å². The number of ether oxygens (including phenoxy) is 5. The standard InChI is InChI=1S/C26H41N3O9/c1-25(2,3)37-20(30)15-29(16-21(34-7)35-8)22(31)19(14-27-23(32)38-26(4,5)6)28-24(33)36-17-18-12-10-9-11-13-18/h9-13,19,21H,14-17H2,1-8H3,(H,27,32)(H,28,33)/t19-/m0/s1. The van der Waals surface area contributed by atoms with Gasteiger partial charge in [-0.05, 0) is 47.1 Å². The van der Waals surface area contributed by atoms with Gasteiger partial charge in [0.1, 0.15) is 30.4 Å². The van der Waals surface area contributed by atoms with Gasteiger partial charge in [0.2, 0.25) is 5.91 Å². The van der Waals surface area contributed by atoms with Crippen LogP contribution >= 0.6 is 0 Å². The Morgan fingerprint density at radius 3 is 1.97 bits per heavy atom. The average Bonchev–Trinajstić information content (AvgIpc) is 2.81. The molecular formula is C26H41N3O9. The molecule has 0 fully saturated rings. The number of alkyl carbamates (subject to hydrolysis) is 2. The number of carbonyl (C=O) groups excluding carboxylic acids is 4. The molecule has 214 valence electrons. The molecule has 0 aliphatic rings. The highest BCUT2D eigenvalue weighted by atomic mass is 16.7. The zero-order valence-electron chi connectivity index (χ0n) is 23.5. The first-order valence-corrected chi connectivity index (χ1v) is 12.1. The zero-order chi connectivity index (χ0) is 28.9. The molecule has 0 bridgehead atoms. The number of methoxy groups -OCH3 is 2. The maximum Gasteiger partial charge on any atom is 0.408 e. The molecule has 0 aliphatic carbocycles. The van der Waals surface area contributed by atoms with Gasteiger partial charge in [0, 0.05) is 14.2 Å². The number of amides is 3. The molecule has 12 nitrogen and oxygen atoms in total. The van der Waals surface area contributed by atoms with Gasteiger partial charge >= 0.3 is 18.2 Å². The van der Waals surface area contributed by atoms with Crippen LogP contribution in [0.25, 0.3) is 0 Å². The molecule has 1 atom stereocenters. The van der Waals surface area contributed by atoms with E-state index in [9.17, 15) is 19.2 Å². The first-order chi connectivity index (χ1) is 17.6. The molecule has 0 saturated carbocycles. The Labute approximate surface area is 224 Å². The molecule has 0 unspecified atom stereocenters. The summed E-state index contributed by atoms with van der Waals surface area (Å²) >= 11 is 0. The van der Waals surface area contributed by atoms with Gasteiger partial charge in [-0.15, -0.1) is 0 Å². The average molecular weight is 540 g/mol. The predicted octanol–water partition coefficient (Wildman–Crippen LogP) is 2.60. The first kappa shape index (κ1) is 32.6. The second kappa shape index (κ2) is 15.1. The van der Waals surface area contributed by atoms with Crippen molar-refractivity contribution in [3.63, 3.8) is 0 Å². The van der Waals surface area contributed by atoms with E-state index in [4.69, 9.17) is 23.7 Å². The van der Waals surface area contributed by atoms with Crippen LogP contribution in [0.5, 0.6) is 0 Å². The third kappa shape index (κ3) is 13.8. The normalized spacial score (nSPS) is 12.3. The molecule has 1 aromatic rings. The van der Waals surface area contributed by atoms with Gasteiger partial charge in [-0.1, -0.05) is 30.3 Å². The molecule has 38 heavy (non-hydrogen) atoms. The van der Waals surface area contributed by atoms with Crippen LogP contribution in [-0.4, -0.2) is 86.4 Å². The number of benzene rings is 1. The van der Waals surface area contributed by atoms with Crippen molar-refractivity contribution in [1.82, 2.24) is 15.5 Å². The molecule has 0 radical (unpaired) electrons. The van der Waals surface area contributed by atoms with E-state index in [0.717, 1.165) is 10.5 Å². The number of carbonyl (C=O) groups is 4. The Kier molecular flexibility index (Phi) is 13.0. The zero-order valence-corrected chi connectivity index (χ0v) is 23.5. The Morgan fingerprint density at radius 1 is 0.868 bits per heavy atom. The predicted molar refractivity (Wildman–Crippen MR) is 138 cm³/mol. The lowest BCUT2D eigenvalue weighted by Crippen LogP contribution is -2.56. The van der Waals surface area contributed by atoms with Crippen molar-refractivity contribution < 1.29 is 42.9 Å². The maximum absolute atomic E-state index is 13.6. The molecule has 0 aliphatic heterocycles. The molecule has 12 heteroatoms. The van der Waals surface area contributed by atoms with Gasteiger partial charge in [-0.2, -0.15) is 0 Å². The first-order valence-electron chi connectivity index (χ1n) is 12.1. The summed E-state index contributed by atoms with van der Waals surface area (Å²) in [4.78, 5) is 52.1. The van der Waals surface area contributed by atoms with Gasteiger partial charge in [-0.3, -0.25) is 9.59 Å². The number of esters is 1. The lowest BCUT2D eigenvalue weighted by atomic mass is 10.2. The monoisotopic (exact) mass is 539 g/mol. The summed E-state index contributed by atoms with van der Waals surface area (Å²) in [6.07, 6.45) is -2.56. The molecule has 1 rings (SSSR count). The van der Waals surface area contributed by atoms with E-state index in [-0.39, 0.29) is 19.7 Å². The van der Waals surface area contributed by atoms with Crippen LogP contribution in [0.15, 0.2) is 30.3 Å². The van der Waals surface area contributed by atoms with Gasteiger partial charge in [0.15, 0.2) is 6.29 Å². The van der Waals surface area contributed by atoms with Crippen molar-refractivity contribution in [2.24, 2.45) is 0 Å². The molecule has 3 amide bonds. The SMILES string of the molecule is COC(CN(CC(=O)OC(C)(C)C)C(=O)[C@H](CNC(=O)OC(C)(C)C)NC(=O)OCc1ccccc1)OC. The minimum absolute atomic E-state index is 0.0376. The van der Waals surface area contributed by atoms with E-state index in [1.807, 2.05) is 6.07 Å². The molecule has 2 N–H and O–H groups in total. The summed E-state index contributed by atoms with van der Waals surface area (Å²) in [5.74, 6) is -1.38. The molecule has 0 saturated heterocycles. The topological polar surface area (TPSA) is 142 Å². The Morgan fingerprint density at radius 2 is 1.45 bits per heavy atom. The van der Waals surface area contributed by atoms with Crippen LogP contribution < -0.4 is 10.6 Å². The molecule has 0 spiro atoms. The minimum atomic E-state index is -1.32. The van der Waals surface area contributed by atoms with Crippen LogP contribution in [0.4, 0.5) is 9.59 Å². The highest BCUT2D eigenvalue weighted by Gasteiger charge is 2.32. The Hall–Kier alpha value is -3.38. The smallest absolute Gasteiger partial charge is 0.408 e. The second-order valence-corrected chi connectivity index (χ2v) is 10.3. The number of hydrogen-bond acceptors (Lipinski definition) is 9. The molecule has 1 aromatic carbocycles. The van der Waals surface area contributed by atoms with Crippen molar-refractivity contribution in [3.8, 4) is 0 Å². The fourth-order valence-electron chi connectivity index (χ4n) is 3.01. The van der Waals surface area contributed by atoms with E-state index in [2.05, 4.69) is 10.6 Å². The number of rotatable bonds is 12. The van der Waals surface area contributed by atoms with Crippen LogP contribution in [0.3, 0.4) is 0 Å². The summed E-state index contributed by atoms with van der Waals surface area (Å²) in [7, 11) is 2.76. The number of nitrogens with one attached hydrogen (secondary N) is 2. The van der Waals surface area contributed by atoms with Crippen LogP contribution in [0.2, 0.25) is 0 Å². The quantitative estimate of drug-likeness (QED) is 0.233. The van der Waals surface area contributed by atoms with Gasteiger partial charge in [0.05, 0.1) is 13.1 Å². The number of nitrogens with zero attached hydrogens (tertiary/aromatic N) is 1. The van der Waals surface area contributed by atoms with Crippen LogP contribution in [-0.2, 0) is 39.9 Å². The van der Waals surface area contributed by atoms with E-state index < -0.39 is 54.1 Å². The summed E-state index contributed by atoms with van der Waals surface area (Å²) < 4.78 is 26.2.